The third kappa shape index (κ3) is 18.4. The predicted octanol–water partition coefficient (Wildman–Crippen LogP) is 6.23. The van der Waals surface area contributed by atoms with E-state index in [1.54, 1.807) is 0 Å². The molecule has 9 nitrogen and oxygen atoms in total. The maximum atomic E-state index is 12.2. The molecule has 0 amide bonds. The van der Waals surface area contributed by atoms with E-state index < -0.39 is 19.9 Å². The van der Waals surface area contributed by atoms with Crippen molar-refractivity contribution in [1.29, 1.82) is 0 Å². The van der Waals surface area contributed by atoms with E-state index in [9.17, 15) is 14.3 Å². The highest BCUT2D eigenvalue weighted by molar-refractivity contribution is 7.47. The topological polar surface area (TPSA) is 104 Å². The van der Waals surface area contributed by atoms with Gasteiger partial charge in [0, 0.05) is 19.6 Å². The van der Waals surface area contributed by atoms with Crippen molar-refractivity contribution in [2.75, 3.05) is 40.2 Å². The zero-order valence-electron chi connectivity index (χ0n) is 23.9. The minimum Gasteiger partial charge on any atom is -0.458 e. The van der Waals surface area contributed by atoms with Crippen LogP contribution in [-0.4, -0.2) is 74.2 Å². The van der Waals surface area contributed by atoms with Crippen LogP contribution >= 0.6 is 7.82 Å². The van der Waals surface area contributed by atoms with Gasteiger partial charge in [-0.2, -0.15) is 0 Å². The van der Waals surface area contributed by atoms with Crippen molar-refractivity contribution in [2.45, 2.75) is 129 Å². The molecule has 0 aliphatic carbocycles. The molecular formula is C27H54NO8P. The first-order valence-electron chi connectivity index (χ1n) is 14.4. The van der Waals surface area contributed by atoms with E-state index in [1.807, 2.05) is 18.9 Å². The van der Waals surface area contributed by atoms with Gasteiger partial charge in [0.2, 0.25) is 0 Å². The van der Waals surface area contributed by atoms with E-state index >= 15 is 0 Å². The number of phosphoric ester groups is 1. The van der Waals surface area contributed by atoms with Crippen LogP contribution in [0.1, 0.15) is 111 Å². The van der Waals surface area contributed by atoms with Gasteiger partial charge in [-0.1, -0.05) is 90.4 Å². The second-order valence-electron chi connectivity index (χ2n) is 10.3. The standard InChI is InChI=1S/C27H54NO8P/c1-5-6-7-8-9-10-11-12-13-14-15-16-17-18-19-32-20-26(36-25(3)29)21-34-37(30,31)35-22-27-24(2)28(4)23-33-27/h24,26-27H,5-23H2,1-4H3,(H,30,31). The van der Waals surface area contributed by atoms with Crippen LogP contribution in [0.5, 0.6) is 0 Å². The molecule has 1 rings (SSSR count). The third-order valence-corrected chi connectivity index (χ3v) is 7.78. The summed E-state index contributed by atoms with van der Waals surface area (Å²) >= 11 is 0. The van der Waals surface area contributed by atoms with Gasteiger partial charge >= 0.3 is 13.8 Å². The molecule has 1 N–H and O–H groups in total. The molecule has 0 aromatic heterocycles. The SMILES string of the molecule is CCCCCCCCCCCCCCCCOCC(COP(=O)(O)OCC1OCN(C)C1C)OC(C)=O. The summed E-state index contributed by atoms with van der Waals surface area (Å²) in [5.41, 5.74) is 0. The minimum absolute atomic E-state index is 0.0624. The maximum absolute atomic E-state index is 12.2. The normalized spacial score (nSPS) is 20.7. The summed E-state index contributed by atoms with van der Waals surface area (Å²) < 4.78 is 38.7. The molecule has 0 spiro atoms. The summed E-state index contributed by atoms with van der Waals surface area (Å²) in [5, 5.41) is 0. The first-order chi connectivity index (χ1) is 17.7. The Kier molecular flexibility index (Phi) is 19.9. The third-order valence-electron chi connectivity index (χ3n) is 6.83. The first kappa shape index (κ1) is 34.5. The Bertz CT molecular complexity index is 623. The van der Waals surface area contributed by atoms with Gasteiger partial charge in [0.15, 0.2) is 0 Å². The van der Waals surface area contributed by atoms with Crippen LogP contribution in [-0.2, 0) is 32.6 Å². The number of carbonyl (C=O) groups excluding carboxylic acids is 1. The van der Waals surface area contributed by atoms with Gasteiger partial charge in [0.25, 0.3) is 0 Å². The van der Waals surface area contributed by atoms with Crippen molar-refractivity contribution in [3.63, 3.8) is 0 Å². The quantitative estimate of drug-likeness (QED) is 0.0850. The average Bonchev–Trinajstić information content (AvgIpc) is 3.17. The van der Waals surface area contributed by atoms with Crippen LogP contribution in [0.15, 0.2) is 0 Å². The van der Waals surface area contributed by atoms with Gasteiger partial charge in [-0.25, -0.2) is 4.57 Å². The van der Waals surface area contributed by atoms with E-state index in [0.29, 0.717) is 13.3 Å². The summed E-state index contributed by atoms with van der Waals surface area (Å²) in [5.74, 6) is -0.501. The lowest BCUT2D eigenvalue weighted by atomic mass is 10.0. The molecule has 1 aliphatic heterocycles. The van der Waals surface area contributed by atoms with Gasteiger partial charge in [-0.05, 0) is 20.4 Å². The largest absolute Gasteiger partial charge is 0.472 e. The van der Waals surface area contributed by atoms with Crippen molar-refractivity contribution in [1.82, 2.24) is 4.90 Å². The van der Waals surface area contributed by atoms with Crippen molar-refractivity contribution in [3.05, 3.63) is 0 Å². The minimum atomic E-state index is -4.31. The zero-order chi connectivity index (χ0) is 27.4. The molecule has 0 bridgehead atoms. The number of likely N-dealkylation sites (N-methyl/N-ethyl adjacent to an activating group) is 1. The number of phosphoric acid groups is 1. The van der Waals surface area contributed by atoms with Crippen molar-refractivity contribution in [2.24, 2.45) is 0 Å². The summed E-state index contributed by atoms with van der Waals surface area (Å²) in [7, 11) is -2.41. The van der Waals surface area contributed by atoms with Gasteiger partial charge < -0.3 is 19.1 Å². The fraction of sp³-hybridized carbons (Fsp3) is 0.963. The molecule has 4 unspecified atom stereocenters. The Morgan fingerprint density at radius 1 is 0.946 bits per heavy atom. The number of rotatable bonds is 24. The highest BCUT2D eigenvalue weighted by Gasteiger charge is 2.33. The van der Waals surface area contributed by atoms with Crippen molar-refractivity contribution >= 4 is 13.8 Å². The molecule has 1 aliphatic rings. The number of hydrogen-bond acceptors (Lipinski definition) is 8. The zero-order valence-corrected chi connectivity index (χ0v) is 24.8. The van der Waals surface area contributed by atoms with E-state index in [2.05, 4.69) is 6.92 Å². The Morgan fingerprint density at radius 2 is 1.49 bits per heavy atom. The van der Waals surface area contributed by atoms with Crippen LogP contribution in [0.4, 0.5) is 0 Å². The van der Waals surface area contributed by atoms with E-state index in [-0.39, 0.29) is 32.0 Å². The molecule has 0 saturated carbocycles. The van der Waals surface area contributed by atoms with E-state index in [0.717, 1.165) is 12.8 Å². The second kappa shape index (κ2) is 21.3. The lowest BCUT2D eigenvalue weighted by molar-refractivity contribution is -0.151. The molecule has 0 aromatic rings. The highest BCUT2D eigenvalue weighted by Crippen LogP contribution is 2.44. The monoisotopic (exact) mass is 551 g/mol. The van der Waals surface area contributed by atoms with Gasteiger partial charge in [-0.3, -0.25) is 18.7 Å². The molecule has 220 valence electrons. The number of hydrogen-bond donors (Lipinski definition) is 1. The molecule has 4 atom stereocenters. The van der Waals surface area contributed by atoms with Gasteiger partial charge in [0.1, 0.15) is 6.10 Å². The van der Waals surface area contributed by atoms with Gasteiger partial charge in [-0.15, -0.1) is 0 Å². The summed E-state index contributed by atoms with van der Waals surface area (Å²) in [4.78, 5) is 23.4. The molecule has 10 heteroatoms. The number of carbonyl (C=O) groups is 1. The number of nitrogens with zero attached hydrogens (tertiary/aromatic N) is 1. The van der Waals surface area contributed by atoms with E-state index in [4.69, 9.17) is 23.3 Å². The second-order valence-corrected chi connectivity index (χ2v) is 11.7. The van der Waals surface area contributed by atoms with Crippen molar-refractivity contribution < 1.29 is 37.5 Å². The summed E-state index contributed by atoms with van der Waals surface area (Å²) in [6.07, 6.45) is 17.0. The first-order valence-corrected chi connectivity index (χ1v) is 15.9. The molecule has 1 fully saturated rings. The number of unbranched alkanes of at least 4 members (excludes halogenated alkanes) is 13. The van der Waals surface area contributed by atoms with Crippen LogP contribution < -0.4 is 0 Å². The smallest absolute Gasteiger partial charge is 0.458 e. The summed E-state index contributed by atoms with van der Waals surface area (Å²) in [6.45, 7) is 6.24. The molecule has 0 aromatic carbocycles. The molecule has 1 saturated heterocycles. The van der Waals surface area contributed by atoms with Crippen LogP contribution in [0.2, 0.25) is 0 Å². The van der Waals surface area contributed by atoms with Crippen LogP contribution in [0, 0.1) is 0 Å². The summed E-state index contributed by atoms with van der Waals surface area (Å²) in [6, 6.07) is 0.0668. The fourth-order valence-corrected chi connectivity index (χ4v) is 5.05. The molecular weight excluding hydrogens is 497 g/mol. The molecule has 0 radical (unpaired) electrons. The number of ether oxygens (including phenoxy) is 3. The molecule has 37 heavy (non-hydrogen) atoms. The van der Waals surface area contributed by atoms with Crippen molar-refractivity contribution in [3.8, 4) is 0 Å². The van der Waals surface area contributed by atoms with E-state index in [1.165, 1.54) is 84.0 Å². The van der Waals surface area contributed by atoms with Gasteiger partial charge in [0.05, 0.1) is 32.7 Å². The number of esters is 1. The Morgan fingerprint density at radius 3 is 1.97 bits per heavy atom. The Labute approximate surface area is 225 Å². The van der Waals surface area contributed by atoms with Crippen LogP contribution in [0.25, 0.3) is 0 Å². The highest BCUT2D eigenvalue weighted by atomic mass is 31.2. The maximum Gasteiger partial charge on any atom is 0.472 e. The predicted molar refractivity (Wildman–Crippen MR) is 145 cm³/mol. The average molecular weight is 552 g/mol. The lowest BCUT2D eigenvalue weighted by Gasteiger charge is -2.21. The molecule has 1 heterocycles. The van der Waals surface area contributed by atoms with Crippen LogP contribution in [0.3, 0.4) is 0 Å². The Balaban J connectivity index is 2.06. The lowest BCUT2D eigenvalue weighted by Crippen LogP contribution is -2.32. The Hall–Kier alpha value is -0.540. The fourth-order valence-electron chi connectivity index (χ4n) is 4.29.